The standard InChI is InChI=1S/C19H13FO2/c1-12-5-4-7-14(9-12)19-16(11-18(21)22-19)15-8-3-2-6-13(15)10-17(19)20/h2-11H,1H3. The van der Waals surface area contributed by atoms with Gasteiger partial charge >= 0.3 is 5.97 Å². The first-order valence-corrected chi connectivity index (χ1v) is 7.10. The zero-order valence-corrected chi connectivity index (χ0v) is 12.0. The van der Waals surface area contributed by atoms with Gasteiger partial charge in [0.2, 0.25) is 5.60 Å². The van der Waals surface area contributed by atoms with E-state index in [1.54, 1.807) is 6.07 Å². The van der Waals surface area contributed by atoms with Gasteiger partial charge in [-0.1, -0.05) is 54.1 Å². The highest BCUT2D eigenvalue weighted by Gasteiger charge is 2.51. The molecule has 0 fully saturated rings. The molecule has 2 aromatic rings. The average Bonchev–Trinajstić information content (AvgIpc) is 2.87. The van der Waals surface area contributed by atoms with Crippen molar-refractivity contribution in [3.05, 3.63) is 82.7 Å². The summed E-state index contributed by atoms with van der Waals surface area (Å²) in [4.78, 5) is 11.9. The van der Waals surface area contributed by atoms with Gasteiger partial charge in [-0.2, -0.15) is 0 Å². The van der Waals surface area contributed by atoms with Crippen LogP contribution in [0.4, 0.5) is 4.39 Å². The second-order valence-corrected chi connectivity index (χ2v) is 5.61. The van der Waals surface area contributed by atoms with Gasteiger partial charge in [-0.05, 0) is 24.1 Å². The van der Waals surface area contributed by atoms with E-state index >= 15 is 4.39 Å². The molecule has 1 aliphatic heterocycles. The molecule has 0 aromatic heterocycles. The van der Waals surface area contributed by atoms with E-state index in [2.05, 4.69) is 0 Å². The number of fused-ring (bicyclic) bond motifs is 3. The molecule has 0 saturated carbocycles. The summed E-state index contributed by atoms with van der Waals surface area (Å²) in [5.74, 6) is -0.981. The Morgan fingerprint density at radius 2 is 1.86 bits per heavy atom. The van der Waals surface area contributed by atoms with Gasteiger partial charge in [0.05, 0.1) is 0 Å². The summed E-state index contributed by atoms with van der Waals surface area (Å²) in [6, 6.07) is 14.9. The molecule has 2 nitrogen and oxygen atoms in total. The van der Waals surface area contributed by atoms with Gasteiger partial charge in [0, 0.05) is 17.2 Å². The maximum absolute atomic E-state index is 15.0. The van der Waals surface area contributed by atoms with E-state index in [4.69, 9.17) is 4.74 Å². The number of hydrogen-bond acceptors (Lipinski definition) is 2. The van der Waals surface area contributed by atoms with Gasteiger partial charge in [-0.15, -0.1) is 0 Å². The lowest BCUT2D eigenvalue weighted by atomic mass is 9.76. The summed E-state index contributed by atoms with van der Waals surface area (Å²) in [5.41, 5.74) is 2.33. The summed E-state index contributed by atoms with van der Waals surface area (Å²) >= 11 is 0. The fourth-order valence-corrected chi connectivity index (χ4v) is 3.22. The molecule has 0 amide bonds. The molecule has 1 aliphatic carbocycles. The van der Waals surface area contributed by atoms with Crippen LogP contribution >= 0.6 is 0 Å². The Labute approximate surface area is 127 Å². The molecule has 0 spiro atoms. The summed E-state index contributed by atoms with van der Waals surface area (Å²) < 4.78 is 20.5. The molecule has 4 rings (SSSR count). The van der Waals surface area contributed by atoms with Crippen LogP contribution < -0.4 is 0 Å². The molecule has 1 unspecified atom stereocenters. The Morgan fingerprint density at radius 1 is 1.05 bits per heavy atom. The van der Waals surface area contributed by atoms with E-state index in [9.17, 15) is 4.79 Å². The van der Waals surface area contributed by atoms with Gasteiger partial charge in [-0.25, -0.2) is 9.18 Å². The van der Waals surface area contributed by atoms with Crippen LogP contribution in [0, 0.1) is 6.92 Å². The highest BCUT2D eigenvalue weighted by atomic mass is 19.1. The predicted octanol–water partition coefficient (Wildman–Crippen LogP) is 4.15. The zero-order chi connectivity index (χ0) is 15.3. The lowest BCUT2D eigenvalue weighted by Crippen LogP contribution is -2.31. The van der Waals surface area contributed by atoms with Crippen LogP contribution in [-0.2, 0) is 15.1 Å². The molecular formula is C19H13FO2. The van der Waals surface area contributed by atoms with Gasteiger partial charge < -0.3 is 4.74 Å². The van der Waals surface area contributed by atoms with E-state index in [0.717, 1.165) is 16.7 Å². The molecule has 0 bridgehead atoms. The second-order valence-electron chi connectivity index (χ2n) is 5.61. The highest BCUT2D eigenvalue weighted by molar-refractivity contribution is 6.03. The Morgan fingerprint density at radius 3 is 2.68 bits per heavy atom. The molecule has 1 atom stereocenters. The maximum atomic E-state index is 15.0. The third-order valence-electron chi connectivity index (χ3n) is 4.19. The third kappa shape index (κ3) is 1.62. The Bertz CT molecular complexity index is 863. The number of halogens is 1. The molecule has 0 radical (unpaired) electrons. The first-order valence-electron chi connectivity index (χ1n) is 7.10. The van der Waals surface area contributed by atoms with Crippen molar-refractivity contribution in [2.24, 2.45) is 0 Å². The molecule has 0 saturated heterocycles. The Kier molecular flexibility index (Phi) is 2.61. The van der Waals surface area contributed by atoms with Crippen LogP contribution in [0.5, 0.6) is 0 Å². The van der Waals surface area contributed by atoms with E-state index in [-0.39, 0.29) is 0 Å². The number of benzene rings is 2. The van der Waals surface area contributed by atoms with Crippen molar-refractivity contribution in [1.82, 2.24) is 0 Å². The lowest BCUT2D eigenvalue weighted by Gasteiger charge is -2.34. The zero-order valence-electron chi connectivity index (χ0n) is 12.0. The van der Waals surface area contributed by atoms with Crippen LogP contribution in [0.15, 0.2) is 60.4 Å². The summed E-state index contributed by atoms with van der Waals surface area (Å²) in [5, 5.41) is 0. The van der Waals surface area contributed by atoms with Gasteiger partial charge in [0.15, 0.2) is 5.83 Å². The minimum atomic E-state index is -1.45. The number of carbonyl (C=O) groups excluding carboxylic acids is 1. The van der Waals surface area contributed by atoms with Crippen molar-refractivity contribution in [2.75, 3.05) is 0 Å². The van der Waals surface area contributed by atoms with Crippen LogP contribution in [0.1, 0.15) is 22.3 Å². The van der Waals surface area contributed by atoms with Crippen molar-refractivity contribution in [1.29, 1.82) is 0 Å². The molecule has 108 valence electrons. The van der Waals surface area contributed by atoms with Crippen molar-refractivity contribution in [2.45, 2.75) is 12.5 Å². The Balaban J connectivity index is 2.04. The molecule has 3 heteroatoms. The minimum absolute atomic E-state index is 0.464. The quantitative estimate of drug-likeness (QED) is 0.738. The molecular weight excluding hydrogens is 279 g/mol. The SMILES string of the molecule is Cc1cccc(C23OC(=O)C=C2c2ccccc2C=C3F)c1. The fraction of sp³-hybridized carbons (Fsp3) is 0.105. The van der Waals surface area contributed by atoms with Crippen molar-refractivity contribution in [3.63, 3.8) is 0 Å². The molecule has 22 heavy (non-hydrogen) atoms. The summed E-state index contributed by atoms with van der Waals surface area (Å²) in [7, 11) is 0. The first-order chi connectivity index (χ1) is 10.6. The smallest absolute Gasteiger partial charge is 0.332 e. The number of hydrogen-bond donors (Lipinski definition) is 0. The Hall–Kier alpha value is -2.68. The van der Waals surface area contributed by atoms with Crippen molar-refractivity contribution < 1.29 is 13.9 Å². The molecule has 0 N–H and O–H groups in total. The lowest BCUT2D eigenvalue weighted by molar-refractivity contribution is -0.144. The average molecular weight is 292 g/mol. The minimum Gasteiger partial charge on any atom is -0.439 e. The maximum Gasteiger partial charge on any atom is 0.332 e. The summed E-state index contributed by atoms with van der Waals surface area (Å²) in [6.07, 6.45) is 2.85. The number of aryl methyl sites for hydroxylation is 1. The van der Waals surface area contributed by atoms with Gasteiger partial charge in [0.25, 0.3) is 0 Å². The number of carbonyl (C=O) groups is 1. The van der Waals surface area contributed by atoms with E-state index < -0.39 is 17.4 Å². The molecule has 1 heterocycles. The van der Waals surface area contributed by atoms with Crippen LogP contribution in [0.2, 0.25) is 0 Å². The topological polar surface area (TPSA) is 26.3 Å². The first kappa shape index (κ1) is 13.0. The van der Waals surface area contributed by atoms with Crippen LogP contribution in [-0.4, -0.2) is 5.97 Å². The van der Waals surface area contributed by atoms with E-state index in [1.165, 1.54) is 12.2 Å². The predicted molar refractivity (Wildman–Crippen MR) is 82.5 cm³/mol. The van der Waals surface area contributed by atoms with E-state index in [0.29, 0.717) is 11.1 Å². The number of esters is 1. The largest absolute Gasteiger partial charge is 0.439 e. The summed E-state index contributed by atoms with van der Waals surface area (Å²) in [6.45, 7) is 1.93. The van der Waals surface area contributed by atoms with Gasteiger partial charge in [-0.3, -0.25) is 0 Å². The fourth-order valence-electron chi connectivity index (χ4n) is 3.22. The second kappa shape index (κ2) is 4.41. The number of ether oxygens (including phenoxy) is 1. The van der Waals surface area contributed by atoms with Crippen LogP contribution in [0.25, 0.3) is 11.6 Å². The molecule has 2 aromatic carbocycles. The number of rotatable bonds is 1. The third-order valence-corrected chi connectivity index (χ3v) is 4.19. The normalized spacial score (nSPS) is 22.4. The monoisotopic (exact) mass is 292 g/mol. The molecule has 2 aliphatic rings. The van der Waals surface area contributed by atoms with Crippen molar-refractivity contribution in [3.8, 4) is 0 Å². The van der Waals surface area contributed by atoms with Crippen LogP contribution in [0.3, 0.4) is 0 Å². The van der Waals surface area contributed by atoms with Gasteiger partial charge in [0.1, 0.15) is 0 Å². The van der Waals surface area contributed by atoms with E-state index in [1.807, 2.05) is 49.4 Å². The van der Waals surface area contributed by atoms with Crippen molar-refractivity contribution >= 4 is 17.6 Å². The highest BCUT2D eigenvalue weighted by Crippen LogP contribution is 2.53.